The Morgan fingerprint density at radius 2 is 1.35 bits per heavy atom. The van der Waals surface area contributed by atoms with Crippen molar-refractivity contribution in [3.63, 3.8) is 0 Å². The molecular weight excluding hydrogens is 288 g/mol. The number of hydrogen-bond acceptors (Lipinski definition) is 4. The van der Waals surface area contributed by atoms with Crippen LogP contribution >= 0.6 is 24.1 Å². The van der Waals surface area contributed by atoms with E-state index in [4.69, 9.17) is 3.63 Å². The van der Waals surface area contributed by atoms with Crippen molar-refractivity contribution in [2.45, 2.75) is 9.79 Å². The van der Waals surface area contributed by atoms with Gasteiger partial charge in [-0.1, -0.05) is 36.4 Å². The van der Waals surface area contributed by atoms with E-state index in [1.165, 1.54) is 24.1 Å². The fourth-order valence-corrected chi connectivity index (χ4v) is 2.56. The Kier molecular flexibility index (Phi) is 6.81. The number of aromatic nitrogens is 2. The summed E-state index contributed by atoms with van der Waals surface area (Å²) in [4.78, 5) is 8.64. The molecule has 2 aromatic carbocycles. The Labute approximate surface area is 127 Å². The summed E-state index contributed by atoms with van der Waals surface area (Å²) in [5.74, 6) is 0. The molecule has 1 heterocycles. The van der Waals surface area contributed by atoms with Crippen LogP contribution in [0.2, 0.25) is 0 Å². The van der Waals surface area contributed by atoms with Gasteiger partial charge < -0.3 is 4.98 Å². The molecule has 0 aliphatic rings. The van der Waals surface area contributed by atoms with E-state index >= 15 is 0 Å². The zero-order valence-corrected chi connectivity index (χ0v) is 12.3. The molecule has 0 saturated carbocycles. The first-order valence-corrected chi connectivity index (χ1v) is 7.47. The van der Waals surface area contributed by atoms with Gasteiger partial charge in [0.05, 0.1) is 6.33 Å². The van der Waals surface area contributed by atoms with Crippen molar-refractivity contribution in [2.24, 2.45) is 0 Å². The normalized spacial score (nSPS) is 9.60. The maximum atomic E-state index is 5.44. The third kappa shape index (κ3) is 5.97. The number of rotatable bonds is 4. The fraction of sp³-hybridized carbons (Fsp3) is 0. The topological polar surface area (TPSA) is 37.9 Å². The van der Waals surface area contributed by atoms with Crippen LogP contribution in [0, 0.1) is 0 Å². The van der Waals surface area contributed by atoms with E-state index in [0.717, 1.165) is 9.79 Å². The molecule has 0 saturated heterocycles. The quantitative estimate of drug-likeness (QED) is 0.701. The SMILES string of the molecule is c1c[nH]cn1.c1ccc(SOSc2ccccc2)cc1. The summed E-state index contributed by atoms with van der Waals surface area (Å²) in [7, 11) is 0. The number of imidazole rings is 1. The highest BCUT2D eigenvalue weighted by Crippen LogP contribution is 2.28. The molecule has 1 N–H and O–H groups in total. The molecule has 0 amide bonds. The predicted octanol–water partition coefficient (Wildman–Crippen LogP) is 4.83. The summed E-state index contributed by atoms with van der Waals surface area (Å²) < 4.78 is 5.44. The second-order valence-electron chi connectivity index (χ2n) is 3.62. The number of H-pyrrole nitrogens is 1. The second-order valence-corrected chi connectivity index (χ2v) is 5.44. The highest BCUT2D eigenvalue weighted by molar-refractivity contribution is 8.07. The summed E-state index contributed by atoms with van der Waals surface area (Å²) in [5, 5.41) is 0. The van der Waals surface area contributed by atoms with Gasteiger partial charge in [-0.25, -0.2) is 8.61 Å². The van der Waals surface area contributed by atoms with E-state index in [9.17, 15) is 0 Å². The number of nitrogens with zero attached hydrogens (tertiary/aromatic N) is 1. The molecule has 0 aliphatic carbocycles. The summed E-state index contributed by atoms with van der Waals surface area (Å²) in [5.41, 5.74) is 0. The van der Waals surface area contributed by atoms with Crippen molar-refractivity contribution in [1.82, 2.24) is 9.97 Å². The zero-order chi connectivity index (χ0) is 13.9. The van der Waals surface area contributed by atoms with Crippen LogP contribution in [-0.2, 0) is 3.63 Å². The van der Waals surface area contributed by atoms with Crippen LogP contribution in [0.1, 0.15) is 0 Å². The third-order valence-corrected chi connectivity index (χ3v) is 3.63. The minimum atomic E-state index is 1.11. The highest BCUT2D eigenvalue weighted by Gasteiger charge is 1.95. The van der Waals surface area contributed by atoms with Crippen molar-refractivity contribution in [3.8, 4) is 0 Å². The van der Waals surface area contributed by atoms with Gasteiger partial charge in [-0.05, 0) is 24.3 Å². The summed E-state index contributed by atoms with van der Waals surface area (Å²) in [6.45, 7) is 0. The molecule has 102 valence electrons. The van der Waals surface area contributed by atoms with Crippen LogP contribution < -0.4 is 0 Å². The first-order valence-electron chi connectivity index (χ1n) is 5.99. The summed E-state index contributed by atoms with van der Waals surface area (Å²) >= 11 is 2.76. The molecule has 0 spiro atoms. The number of nitrogens with one attached hydrogen (secondary N) is 1. The molecule has 0 aliphatic heterocycles. The smallest absolute Gasteiger partial charge is 0.0919 e. The van der Waals surface area contributed by atoms with Gasteiger partial charge in [0.25, 0.3) is 0 Å². The predicted molar refractivity (Wildman–Crippen MR) is 84.3 cm³/mol. The molecule has 3 rings (SSSR count). The van der Waals surface area contributed by atoms with Crippen molar-refractivity contribution < 1.29 is 3.63 Å². The van der Waals surface area contributed by atoms with Gasteiger partial charge in [0.15, 0.2) is 0 Å². The summed E-state index contributed by atoms with van der Waals surface area (Å²) in [6.07, 6.45) is 5.08. The van der Waals surface area contributed by atoms with E-state index in [1.54, 1.807) is 18.7 Å². The first-order chi connectivity index (χ1) is 9.95. The molecular formula is C15H14N2OS2. The molecule has 5 heteroatoms. The van der Waals surface area contributed by atoms with Crippen molar-refractivity contribution in [2.75, 3.05) is 0 Å². The molecule has 0 atom stereocenters. The Hall–Kier alpha value is -1.69. The maximum Gasteiger partial charge on any atom is 0.0919 e. The summed E-state index contributed by atoms with van der Waals surface area (Å²) in [6, 6.07) is 20.1. The molecule has 20 heavy (non-hydrogen) atoms. The number of hydrogen-bond donors (Lipinski definition) is 1. The molecule has 0 bridgehead atoms. The van der Waals surface area contributed by atoms with Crippen LogP contribution in [0.3, 0.4) is 0 Å². The van der Waals surface area contributed by atoms with Crippen LogP contribution in [0.25, 0.3) is 0 Å². The van der Waals surface area contributed by atoms with Crippen LogP contribution in [0.5, 0.6) is 0 Å². The van der Waals surface area contributed by atoms with Crippen molar-refractivity contribution in [1.29, 1.82) is 0 Å². The average Bonchev–Trinajstić information content (AvgIpc) is 3.09. The minimum absolute atomic E-state index is 1.11. The Morgan fingerprint density at radius 3 is 1.70 bits per heavy atom. The van der Waals surface area contributed by atoms with E-state index in [-0.39, 0.29) is 0 Å². The first kappa shape index (κ1) is 14.7. The molecule has 1 aromatic heterocycles. The van der Waals surface area contributed by atoms with Gasteiger partial charge in [-0.15, -0.1) is 0 Å². The van der Waals surface area contributed by atoms with Crippen LogP contribution in [0.4, 0.5) is 0 Å². The molecule has 3 aromatic rings. The molecule has 0 unspecified atom stereocenters. The lowest BCUT2D eigenvalue weighted by Crippen LogP contribution is -1.71. The van der Waals surface area contributed by atoms with Gasteiger partial charge >= 0.3 is 0 Å². The standard InChI is InChI=1S/C12H10OS2.C3H4N2/c1-3-7-11(8-4-1)14-13-15-12-9-5-2-6-10-12;1-2-5-3-4-1/h1-10H;1-3H,(H,4,5). The maximum absolute atomic E-state index is 5.44. The van der Waals surface area contributed by atoms with Gasteiger partial charge in [-0.2, -0.15) is 0 Å². The van der Waals surface area contributed by atoms with Gasteiger partial charge in [-0.3, -0.25) is 0 Å². The van der Waals surface area contributed by atoms with E-state index < -0.39 is 0 Å². The lowest BCUT2D eigenvalue weighted by Gasteiger charge is -2.00. The molecule has 0 fully saturated rings. The van der Waals surface area contributed by atoms with E-state index in [0.29, 0.717) is 0 Å². The van der Waals surface area contributed by atoms with E-state index in [1.807, 2.05) is 60.7 Å². The highest BCUT2D eigenvalue weighted by atomic mass is 32.2. The van der Waals surface area contributed by atoms with Gasteiger partial charge in [0, 0.05) is 46.3 Å². The lowest BCUT2D eigenvalue weighted by molar-refractivity contribution is 0.757. The third-order valence-electron chi connectivity index (χ3n) is 2.15. The Balaban J connectivity index is 0.000000247. The monoisotopic (exact) mass is 302 g/mol. The number of aromatic amines is 1. The second kappa shape index (κ2) is 9.25. The van der Waals surface area contributed by atoms with Gasteiger partial charge in [0.1, 0.15) is 0 Å². The van der Waals surface area contributed by atoms with Crippen molar-refractivity contribution in [3.05, 3.63) is 79.4 Å². The fourth-order valence-electron chi connectivity index (χ4n) is 1.26. The lowest BCUT2D eigenvalue weighted by atomic mass is 10.4. The average molecular weight is 302 g/mol. The molecule has 3 nitrogen and oxygen atoms in total. The Morgan fingerprint density at radius 1 is 0.800 bits per heavy atom. The number of benzene rings is 2. The molecule has 0 radical (unpaired) electrons. The van der Waals surface area contributed by atoms with Crippen LogP contribution in [0.15, 0.2) is 89.2 Å². The minimum Gasteiger partial charge on any atom is -0.351 e. The Bertz CT molecular complexity index is 502. The van der Waals surface area contributed by atoms with Gasteiger partial charge in [0.2, 0.25) is 0 Å². The van der Waals surface area contributed by atoms with Crippen LogP contribution in [-0.4, -0.2) is 9.97 Å². The zero-order valence-electron chi connectivity index (χ0n) is 10.7. The van der Waals surface area contributed by atoms with Crippen molar-refractivity contribution >= 4 is 24.1 Å². The van der Waals surface area contributed by atoms with E-state index in [2.05, 4.69) is 9.97 Å². The largest absolute Gasteiger partial charge is 0.351 e.